The van der Waals surface area contributed by atoms with Crippen LogP contribution in [0.4, 0.5) is 0 Å². The van der Waals surface area contributed by atoms with E-state index in [-0.39, 0.29) is 10.9 Å². The molecule has 2 rings (SSSR count). The van der Waals surface area contributed by atoms with Gasteiger partial charge in [0.25, 0.3) is 0 Å². The lowest BCUT2D eigenvalue weighted by molar-refractivity contribution is 0.378. The van der Waals surface area contributed by atoms with E-state index in [1.807, 2.05) is 7.05 Å². The molecule has 112 valence electrons. The van der Waals surface area contributed by atoms with Crippen LogP contribution < -0.4 is 10.1 Å². The first-order chi connectivity index (χ1) is 9.48. The molecular weight excluding hydrogens is 344 g/mol. The smallest absolute Gasteiger partial charge is 0.243 e. The average molecular weight is 363 g/mol. The van der Waals surface area contributed by atoms with Gasteiger partial charge in [-0.3, -0.25) is 0 Å². The Morgan fingerprint density at radius 2 is 2.20 bits per heavy atom. The molecule has 7 heteroatoms. The number of benzene rings is 1. The maximum Gasteiger partial charge on any atom is 0.243 e. The van der Waals surface area contributed by atoms with Crippen LogP contribution in [0.15, 0.2) is 27.6 Å². The van der Waals surface area contributed by atoms with Crippen molar-refractivity contribution in [3.8, 4) is 5.75 Å². The van der Waals surface area contributed by atoms with E-state index < -0.39 is 10.0 Å². The molecule has 0 bridgehead atoms. The minimum atomic E-state index is -3.48. The van der Waals surface area contributed by atoms with Crippen molar-refractivity contribution >= 4 is 26.0 Å². The number of ether oxygens (including phenoxy) is 1. The number of rotatable bonds is 5. The zero-order valence-electron chi connectivity index (χ0n) is 11.6. The summed E-state index contributed by atoms with van der Waals surface area (Å²) < 4.78 is 32.9. The molecule has 0 amide bonds. The van der Waals surface area contributed by atoms with Gasteiger partial charge < -0.3 is 10.1 Å². The van der Waals surface area contributed by atoms with Crippen molar-refractivity contribution in [3.05, 3.63) is 22.7 Å². The molecule has 1 heterocycles. The van der Waals surface area contributed by atoms with Crippen LogP contribution in [0.5, 0.6) is 5.75 Å². The van der Waals surface area contributed by atoms with Crippen LogP contribution in [-0.2, 0) is 10.0 Å². The van der Waals surface area contributed by atoms with Crippen molar-refractivity contribution in [3.63, 3.8) is 0 Å². The Bertz CT molecular complexity index is 577. The topological polar surface area (TPSA) is 58.6 Å². The molecular formula is C13H19BrN2O3S. The highest BCUT2D eigenvalue weighted by atomic mass is 79.9. The summed E-state index contributed by atoms with van der Waals surface area (Å²) >= 11 is 3.33. The number of nitrogens with one attached hydrogen (secondary N) is 1. The van der Waals surface area contributed by atoms with E-state index in [1.54, 1.807) is 22.5 Å². The number of hydrogen-bond acceptors (Lipinski definition) is 4. The van der Waals surface area contributed by atoms with Gasteiger partial charge in [-0.1, -0.05) is 15.9 Å². The first-order valence-electron chi connectivity index (χ1n) is 6.50. The Balaban J connectivity index is 2.37. The minimum Gasteiger partial charge on any atom is -0.497 e. The van der Waals surface area contributed by atoms with Crippen LogP contribution in [0.2, 0.25) is 0 Å². The molecule has 1 N–H and O–H groups in total. The minimum absolute atomic E-state index is 0.0231. The highest BCUT2D eigenvalue weighted by molar-refractivity contribution is 9.10. The number of likely N-dealkylation sites (N-methyl/N-ethyl adjacent to an activating group) is 1. The highest BCUT2D eigenvalue weighted by Crippen LogP contribution is 2.30. The van der Waals surface area contributed by atoms with Gasteiger partial charge >= 0.3 is 0 Å². The van der Waals surface area contributed by atoms with Gasteiger partial charge in [0.15, 0.2) is 0 Å². The van der Waals surface area contributed by atoms with Crippen molar-refractivity contribution in [2.45, 2.75) is 23.8 Å². The highest BCUT2D eigenvalue weighted by Gasteiger charge is 2.35. The summed E-state index contributed by atoms with van der Waals surface area (Å²) in [5.41, 5.74) is 0. The molecule has 1 saturated heterocycles. The van der Waals surface area contributed by atoms with E-state index in [0.29, 0.717) is 23.3 Å². The summed E-state index contributed by atoms with van der Waals surface area (Å²) in [4.78, 5) is 0.270. The normalized spacial score (nSPS) is 20.2. The molecule has 1 fully saturated rings. The Morgan fingerprint density at radius 1 is 1.45 bits per heavy atom. The van der Waals surface area contributed by atoms with Crippen molar-refractivity contribution in [2.75, 3.05) is 27.2 Å². The van der Waals surface area contributed by atoms with Gasteiger partial charge in [-0.2, -0.15) is 4.31 Å². The largest absolute Gasteiger partial charge is 0.497 e. The van der Waals surface area contributed by atoms with Crippen LogP contribution in [0, 0.1) is 0 Å². The van der Waals surface area contributed by atoms with Gasteiger partial charge in [-0.15, -0.1) is 0 Å². The second kappa shape index (κ2) is 6.43. The molecule has 1 atom stereocenters. The second-order valence-corrected chi connectivity index (χ2v) is 7.60. The molecule has 20 heavy (non-hydrogen) atoms. The zero-order valence-corrected chi connectivity index (χ0v) is 14.0. The SMILES string of the molecule is CNCC1CCCN1S(=O)(=O)c1cc(Br)cc(OC)c1. The van der Waals surface area contributed by atoms with Crippen molar-refractivity contribution in [2.24, 2.45) is 0 Å². The van der Waals surface area contributed by atoms with E-state index in [4.69, 9.17) is 4.74 Å². The van der Waals surface area contributed by atoms with Gasteiger partial charge in [0.05, 0.1) is 12.0 Å². The number of hydrogen-bond donors (Lipinski definition) is 1. The maximum absolute atomic E-state index is 12.8. The summed E-state index contributed by atoms with van der Waals surface area (Å²) in [5, 5.41) is 3.06. The van der Waals surface area contributed by atoms with Gasteiger partial charge in [-0.25, -0.2) is 8.42 Å². The summed E-state index contributed by atoms with van der Waals surface area (Å²) in [6.45, 7) is 1.24. The standard InChI is InChI=1S/C13H19BrN2O3S/c1-15-9-11-4-3-5-16(11)20(17,18)13-7-10(14)6-12(8-13)19-2/h6-8,11,15H,3-5,9H2,1-2H3. The summed E-state index contributed by atoms with van der Waals surface area (Å²) in [5.74, 6) is 0.530. The molecule has 0 radical (unpaired) electrons. The zero-order chi connectivity index (χ0) is 14.8. The third kappa shape index (κ3) is 3.16. The van der Waals surface area contributed by atoms with E-state index in [0.717, 1.165) is 12.8 Å². The van der Waals surface area contributed by atoms with Crippen LogP contribution in [-0.4, -0.2) is 46.0 Å². The Morgan fingerprint density at radius 3 is 2.85 bits per heavy atom. The predicted octanol–water partition coefficient (Wildman–Crippen LogP) is 1.83. The fraction of sp³-hybridized carbons (Fsp3) is 0.538. The third-order valence-corrected chi connectivity index (χ3v) is 5.84. The summed E-state index contributed by atoms with van der Waals surface area (Å²) in [6.07, 6.45) is 1.79. The van der Waals surface area contributed by atoms with E-state index in [1.165, 1.54) is 7.11 Å². The number of methoxy groups -OCH3 is 1. The van der Waals surface area contributed by atoms with Crippen LogP contribution >= 0.6 is 15.9 Å². The second-order valence-electron chi connectivity index (χ2n) is 4.80. The molecule has 0 aliphatic carbocycles. The van der Waals surface area contributed by atoms with Crippen LogP contribution in [0.25, 0.3) is 0 Å². The molecule has 1 aliphatic rings. The van der Waals surface area contributed by atoms with Crippen molar-refractivity contribution in [1.82, 2.24) is 9.62 Å². The summed E-state index contributed by atoms with van der Waals surface area (Å²) in [7, 11) is -0.118. The maximum atomic E-state index is 12.8. The number of sulfonamides is 1. The number of nitrogens with zero attached hydrogens (tertiary/aromatic N) is 1. The molecule has 1 unspecified atom stereocenters. The van der Waals surface area contributed by atoms with Gasteiger partial charge in [0, 0.05) is 29.7 Å². The average Bonchev–Trinajstić information content (AvgIpc) is 2.87. The fourth-order valence-electron chi connectivity index (χ4n) is 2.50. The quantitative estimate of drug-likeness (QED) is 0.867. The molecule has 5 nitrogen and oxygen atoms in total. The van der Waals surface area contributed by atoms with Crippen LogP contribution in [0.3, 0.4) is 0 Å². The lowest BCUT2D eigenvalue weighted by atomic mass is 10.2. The Labute approximate surface area is 128 Å². The third-order valence-electron chi connectivity index (χ3n) is 3.45. The van der Waals surface area contributed by atoms with Crippen molar-refractivity contribution < 1.29 is 13.2 Å². The molecule has 1 aliphatic heterocycles. The predicted molar refractivity (Wildman–Crippen MR) is 81.5 cm³/mol. The molecule has 0 saturated carbocycles. The van der Waals surface area contributed by atoms with E-state index in [2.05, 4.69) is 21.2 Å². The summed E-state index contributed by atoms with van der Waals surface area (Å²) in [6, 6.07) is 4.95. The van der Waals surface area contributed by atoms with Gasteiger partial charge in [0.2, 0.25) is 10.0 Å². The molecule has 0 aromatic heterocycles. The Hall–Kier alpha value is -0.630. The first-order valence-corrected chi connectivity index (χ1v) is 8.73. The molecule has 1 aromatic rings. The van der Waals surface area contributed by atoms with E-state index in [9.17, 15) is 8.42 Å². The van der Waals surface area contributed by atoms with E-state index >= 15 is 0 Å². The number of halogens is 1. The molecule has 1 aromatic carbocycles. The lowest BCUT2D eigenvalue weighted by Crippen LogP contribution is -2.40. The van der Waals surface area contributed by atoms with Crippen LogP contribution in [0.1, 0.15) is 12.8 Å². The monoisotopic (exact) mass is 362 g/mol. The van der Waals surface area contributed by atoms with Crippen molar-refractivity contribution in [1.29, 1.82) is 0 Å². The molecule has 0 spiro atoms. The first kappa shape index (κ1) is 15.8. The van der Waals surface area contributed by atoms with Gasteiger partial charge in [-0.05, 0) is 32.0 Å². The Kier molecular flexibility index (Phi) is 5.06. The fourth-order valence-corrected chi connectivity index (χ4v) is 4.88. The lowest BCUT2D eigenvalue weighted by Gasteiger charge is -2.24. The van der Waals surface area contributed by atoms with Gasteiger partial charge in [0.1, 0.15) is 5.75 Å².